The normalized spacial score (nSPS) is 10.0. The number of hydrogen-bond acceptors (Lipinski definition) is 2. The molecule has 4 nitrogen and oxygen atoms in total. The Kier molecular flexibility index (Phi) is 5.74. The summed E-state index contributed by atoms with van der Waals surface area (Å²) in [6.07, 6.45) is 4.45. The molecule has 0 bridgehead atoms. The number of H-pyrrole nitrogens is 1. The van der Waals surface area contributed by atoms with Gasteiger partial charge in [0, 0.05) is 22.7 Å². The molecule has 1 amide bonds. The number of benzene rings is 2. The summed E-state index contributed by atoms with van der Waals surface area (Å²) in [5.41, 5.74) is 2.71. The molecule has 1 heterocycles. The van der Waals surface area contributed by atoms with Crippen LogP contribution in [0.5, 0.6) is 5.75 Å². The third-order valence-electron chi connectivity index (χ3n) is 3.91. The van der Waals surface area contributed by atoms with Gasteiger partial charge in [0.25, 0.3) is 5.91 Å². The summed E-state index contributed by atoms with van der Waals surface area (Å²) >= 11 is 0. The maximum atomic E-state index is 12.2. The van der Waals surface area contributed by atoms with Gasteiger partial charge in [0.1, 0.15) is 12.4 Å². The second kappa shape index (κ2) is 8.59. The molecule has 0 saturated heterocycles. The first-order valence-corrected chi connectivity index (χ1v) is 8.40. The number of amides is 1. The van der Waals surface area contributed by atoms with Crippen molar-refractivity contribution in [3.63, 3.8) is 0 Å². The predicted molar refractivity (Wildman–Crippen MR) is 104 cm³/mol. The summed E-state index contributed by atoms with van der Waals surface area (Å²) in [5.74, 6) is 6.50. The minimum absolute atomic E-state index is 0.139. The smallest absolute Gasteiger partial charge is 0.252 e. The number of nitrogens with one attached hydrogen (secondary N) is 2. The molecule has 1 aromatic heterocycles. The summed E-state index contributed by atoms with van der Waals surface area (Å²) in [5, 5.41) is 3.80. The van der Waals surface area contributed by atoms with E-state index >= 15 is 0 Å². The Morgan fingerprint density at radius 1 is 1.19 bits per heavy atom. The molecule has 0 spiro atoms. The topological polar surface area (TPSA) is 54.1 Å². The number of aromatic nitrogens is 1. The molecule has 0 aliphatic carbocycles. The lowest BCUT2D eigenvalue weighted by Gasteiger charge is -2.07. The van der Waals surface area contributed by atoms with Crippen LogP contribution in [0.1, 0.15) is 15.9 Å². The molecule has 0 fully saturated rings. The minimum Gasteiger partial charge on any atom is -0.481 e. The highest BCUT2D eigenvalue weighted by atomic mass is 16.5. The van der Waals surface area contributed by atoms with E-state index in [1.807, 2.05) is 54.7 Å². The zero-order valence-corrected chi connectivity index (χ0v) is 14.4. The highest BCUT2D eigenvalue weighted by molar-refractivity contribution is 5.98. The van der Waals surface area contributed by atoms with E-state index in [0.717, 1.165) is 28.6 Å². The Morgan fingerprint density at radius 2 is 2.08 bits per heavy atom. The number of ether oxygens (including phenoxy) is 1. The number of rotatable bonds is 6. The number of fused-ring (bicyclic) bond motifs is 1. The van der Waals surface area contributed by atoms with Crippen molar-refractivity contribution in [2.45, 2.75) is 6.42 Å². The molecule has 0 unspecified atom stereocenters. The van der Waals surface area contributed by atoms with E-state index in [4.69, 9.17) is 4.74 Å². The van der Waals surface area contributed by atoms with E-state index < -0.39 is 0 Å². The first-order valence-electron chi connectivity index (χ1n) is 8.40. The summed E-state index contributed by atoms with van der Waals surface area (Å²) in [6.45, 7) is 4.30. The third-order valence-corrected chi connectivity index (χ3v) is 3.91. The van der Waals surface area contributed by atoms with Crippen LogP contribution in [0.15, 0.2) is 67.4 Å². The Labute approximate surface area is 152 Å². The summed E-state index contributed by atoms with van der Waals surface area (Å²) in [7, 11) is 0. The second-order valence-corrected chi connectivity index (χ2v) is 5.71. The van der Waals surface area contributed by atoms with Crippen molar-refractivity contribution in [2.75, 3.05) is 13.2 Å². The van der Waals surface area contributed by atoms with Crippen molar-refractivity contribution < 1.29 is 9.53 Å². The van der Waals surface area contributed by atoms with Gasteiger partial charge in [-0.25, -0.2) is 0 Å². The van der Waals surface area contributed by atoms with Gasteiger partial charge in [-0.1, -0.05) is 36.1 Å². The molecule has 130 valence electrons. The van der Waals surface area contributed by atoms with E-state index in [0.29, 0.717) is 5.56 Å². The van der Waals surface area contributed by atoms with Gasteiger partial charge in [-0.05, 0) is 42.3 Å². The lowest BCUT2D eigenvalue weighted by molar-refractivity contribution is 0.0959. The van der Waals surface area contributed by atoms with Gasteiger partial charge in [-0.15, -0.1) is 6.58 Å². The maximum absolute atomic E-state index is 12.2. The van der Waals surface area contributed by atoms with Gasteiger partial charge in [0.2, 0.25) is 0 Å². The Bertz CT molecular complexity index is 976. The van der Waals surface area contributed by atoms with Crippen LogP contribution in [0.25, 0.3) is 10.9 Å². The van der Waals surface area contributed by atoms with Crippen LogP contribution >= 0.6 is 0 Å². The van der Waals surface area contributed by atoms with Crippen LogP contribution in [0.4, 0.5) is 0 Å². The Hall–Kier alpha value is -3.45. The van der Waals surface area contributed by atoms with Crippen molar-refractivity contribution in [3.8, 4) is 17.6 Å². The summed E-state index contributed by atoms with van der Waals surface area (Å²) in [6, 6.07) is 15.3. The predicted octanol–water partition coefficient (Wildman–Crippen LogP) is 3.71. The molecular weight excluding hydrogens is 324 g/mol. The number of para-hydroxylation sites is 1. The van der Waals surface area contributed by atoms with Crippen molar-refractivity contribution in [1.82, 2.24) is 10.3 Å². The molecule has 3 rings (SSSR count). The fraction of sp³-hybridized carbons (Fsp3) is 0.136. The first kappa shape index (κ1) is 17.4. The van der Waals surface area contributed by atoms with Gasteiger partial charge in [0.05, 0.1) is 6.54 Å². The fourth-order valence-corrected chi connectivity index (χ4v) is 2.62. The van der Waals surface area contributed by atoms with Crippen LogP contribution in [0, 0.1) is 11.8 Å². The monoisotopic (exact) mass is 344 g/mol. The van der Waals surface area contributed by atoms with Gasteiger partial charge in [-0.2, -0.15) is 0 Å². The fourth-order valence-electron chi connectivity index (χ4n) is 2.62. The van der Waals surface area contributed by atoms with Gasteiger partial charge >= 0.3 is 0 Å². The molecule has 0 aliphatic rings. The molecule has 4 heteroatoms. The molecular formula is C22H20N2O2. The molecule has 2 aromatic carbocycles. The van der Waals surface area contributed by atoms with Crippen molar-refractivity contribution in [3.05, 3.63) is 78.5 Å². The van der Waals surface area contributed by atoms with Crippen LogP contribution in [0.2, 0.25) is 0 Å². The quantitative estimate of drug-likeness (QED) is 0.529. The molecule has 2 N–H and O–H groups in total. The highest BCUT2D eigenvalue weighted by Gasteiger charge is 2.05. The zero-order valence-electron chi connectivity index (χ0n) is 14.4. The van der Waals surface area contributed by atoms with Crippen molar-refractivity contribution in [2.24, 2.45) is 0 Å². The van der Waals surface area contributed by atoms with E-state index in [1.165, 1.54) is 0 Å². The molecule has 0 aliphatic heterocycles. The van der Waals surface area contributed by atoms with Crippen LogP contribution < -0.4 is 10.1 Å². The van der Waals surface area contributed by atoms with Gasteiger partial charge in [-0.3, -0.25) is 4.79 Å². The summed E-state index contributed by atoms with van der Waals surface area (Å²) in [4.78, 5) is 15.3. The number of hydrogen-bond donors (Lipinski definition) is 2. The lowest BCUT2D eigenvalue weighted by atomic mass is 10.1. The third kappa shape index (κ3) is 4.34. The number of carbonyl (C=O) groups excluding carboxylic acids is 1. The number of carbonyl (C=O) groups is 1. The largest absolute Gasteiger partial charge is 0.481 e. The molecule has 0 radical (unpaired) electrons. The summed E-state index contributed by atoms with van der Waals surface area (Å²) < 4.78 is 5.68. The van der Waals surface area contributed by atoms with E-state index in [2.05, 4.69) is 28.7 Å². The van der Waals surface area contributed by atoms with Gasteiger partial charge in [0.15, 0.2) is 0 Å². The van der Waals surface area contributed by atoms with Crippen molar-refractivity contribution >= 4 is 16.8 Å². The van der Waals surface area contributed by atoms with Gasteiger partial charge < -0.3 is 15.0 Å². The van der Waals surface area contributed by atoms with E-state index in [1.54, 1.807) is 6.07 Å². The molecule has 0 saturated carbocycles. The highest BCUT2D eigenvalue weighted by Crippen LogP contribution is 2.18. The standard InChI is InChI=1S/C22H20N2O2/c1-2-7-17-8-3-4-9-21(17)26-15-6-5-13-24-22(25)19-10-11-20-18(16-19)12-14-23-20/h2-4,8-12,14,16,23H,1,7,13,15H2,(H,24,25). The average Bonchev–Trinajstić information content (AvgIpc) is 3.13. The van der Waals surface area contributed by atoms with Crippen LogP contribution in [-0.4, -0.2) is 24.0 Å². The van der Waals surface area contributed by atoms with Crippen LogP contribution in [-0.2, 0) is 6.42 Å². The minimum atomic E-state index is -0.139. The lowest BCUT2D eigenvalue weighted by Crippen LogP contribution is -2.23. The van der Waals surface area contributed by atoms with E-state index in [-0.39, 0.29) is 19.1 Å². The molecule has 26 heavy (non-hydrogen) atoms. The number of aromatic amines is 1. The number of allylic oxidation sites excluding steroid dienone is 1. The first-order chi connectivity index (χ1) is 12.8. The van der Waals surface area contributed by atoms with E-state index in [9.17, 15) is 4.79 Å². The molecule has 0 atom stereocenters. The molecule has 3 aromatic rings. The SMILES string of the molecule is C=CCc1ccccc1OCC#CCNC(=O)c1ccc2[nH]ccc2c1. The van der Waals surface area contributed by atoms with Crippen molar-refractivity contribution in [1.29, 1.82) is 0 Å². The second-order valence-electron chi connectivity index (χ2n) is 5.71. The zero-order chi connectivity index (χ0) is 18.2. The average molecular weight is 344 g/mol. The Morgan fingerprint density at radius 3 is 2.96 bits per heavy atom. The van der Waals surface area contributed by atoms with Crippen LogP contribution in [0.3, 0.4) is 0 Å². The maximum Gasteiger partial charge on any atom is 0.252 e. The Balaban J connectivity index is 1.48.